The number of fused-ring (bicyclic) bond motifs is 3. The summed E-state index contributed by atoms with van der Waals surface area (Å²) in [6, 6.07) is 24.0. The summed E-state index contributed by atoms with van der Waals surface area (Å²) >= 11 is 7.42. The second-order valence-corrected chi connectivity index (χ2v) is 8.62. The van der Waals surface area contributed by atoms with Crippen molar-refractivity contribution < 1.29 is 4.79 Å². The van der Waals surface area contributed by atoms with Gasteiger partial charge in [0.15, 0.2) is 5.16 Å². The van der Waals surface area contributed by atoms with Crippen molar-refractivity contribution >= 4 is 46.0 Å². The smallest absolute Gasteiger partial charge is 0.267 e. The van der Waals surface area contributed by atoms with Gasteiger partial charge < -0.3 is 5.32 Å². The molecular formula is C24H18ClN5O2S. The molecule has 0 atom stereocenters. The summed E-state index contributed by atoms with van der Waals surface area (Å²) in [4.78, 5) is 25.7. The maximum Gasteiger partial charge on any atom is 0.267 e. The van der Waals surface area contributed by atoms with Crippen molar-refractivity contribution in [1.82, 2.24) is 24.5 Å². The van der Waals surface area contributed by atoms with Crippen LogP contribution < -0.4 is 10.9 Å². The number of rotatable bonds is 6. The molecule has 1 amide bonds. The van der Waals surface area contributed by atoms with Crippen LogP contribution in [0.4, 0.5) is 0 Å². The maximum absolute atomic E-state index is 13.3. The number of thioether (sulfide) groups is 1. The number of hydrogen-bond acceptors (Lipinski definition) is 5. The molecule has 9 heteroatoms. The molecule has 2 heterocycles. The fourth-order valence-corrected chi connectivity index (χ4v) is 4.57. The van der Waals surface area contributed by atoms with Gasteiger partial charge in [0.2, 0.25) is 11.7 Å². The van der Waals surface area contributed by atoms with E-state index in [0.717, 1.165) is 5.56 Å². The van der Waals surface area contributed by atoms with Crippen LogP contribution in [-0.2, 0) is 11.3 Å². The van der Waals surface area contributed by atoms with E-state index in [1.165, 1.54) is 16.3 Å². The van der Waals surface area contributed by atoms with Gasteiger partial charge in [-0.15, -0.1) is 10.2 Å². The van der Waals surface area contributed by atoms with Gasteiger partial charge in [-0.2, -0.15) is 0 Å². The van der Waals surface area contributed by atoms with Crippen LogP contribution in [0.5, 0.6) is 0 Å². The molecule has 1 N–H and O–H groups in total. The highest BCUT2D eigenvalue weighted by atomic mass is 35.5. The fourth-order valence-electron chi connectivity index (χ4n) is 3.60. The Morgan fingerprint density at radius 3 is 2.48 bits per heavy atom. The van der Waals surface area contributed by atoms with Gasteiger partial charge in [-0.3, -0.25) is 14.0 Å². The molecule has 2 aromatic heterocycles. The summed E-state index contributed by atoms with van der Waals surface area (Å²) in [5.41, 5.74) is 2.06. The van der Waals surface area contributed by atoms with E-state index in [2.05, 4.69) is 15.5 Å². The minimum Gasteiger partial charge on any atom is -0.351 e. The van der Waals surface area contributed by atoms with E-state index >= 15 is 0 Å². The van der Waals surface area contributed by atoms with Crippen molar-refractivity contribution in [3.8, 4) is 5.69 Å². The molecule has 3 aromatic carbocycles. The number of benzene rings is 3. The highest BCUT2D eigenvalue weighted by Crippen LogP contribution is 2.23. The van der Waals surface area contributed by atoms with E-state index in [0.29, 0.717) is 39.1 Å². The number of aromatic nitrogens is 4. The van der Waals surface area contributed by atoms with Crippen LogP contribution in [0.1, 0.15) is 5.56 Å². The van der Waals surface area contributed by atoms with Crippen LogP contribution in [-0.4, -0.2) is 30.8 Å². The Bertz CT molecular complexity index is 1530. The summed E-state index contributed by atoms with van der Waals surface area (Å²) in [6.45, 7) is 0.343. The first kappa shape index (κ1) is 21.2. The van der Waals surface area contributed by atoms with Crippen LogP contribution in [0.15, 0.2) is 88.8 Å². The molecule has 0 unspecified atom stereocenters. The largest absolute Gasteiger partial charge is 0.351 e. The Morgan fingerprint density at radius 2 is 1.67 bits per heavy atom. The molecule has 0 spiro atoms. The second-order valence-electron chi connectivity index (χ2n) is 7.27. The molecule has 0 radical (unpaired) electrons. The van der Waals surface area contributed by atoms with Crippen molar-refractivity contribution in [3.05, 3.63) is 99.8 Å². The van der Waals surface area contributed by atoms with Crippen LogP contribution in [0.2, 0.25) is 5.02 Å². The number of hydrogen-bond donors (Lipinski definition) is 1. The van der Waals surface area contributed by atoms with Crippen molar-refractivity contribution in [1.29, 1.82) is 0 Å². The lowest BCUT2D eigenvalue weighted by atomic mass is 10.2. The van der Waals surface area contributed by atoms with Crippen molar-refractivity contribution in [2.45, 2.75) is 11.7 Å². The van der Waals surface area contributed by atoms with Crippen molar-refractivity contribution in [3.63, 3.8) is 0 Å². The number of nitrogens with one attached hydrogen (secondary N) is 1. The summed E-state index contributed by atoms with van der Waals surface area (Å²) in [5, 5.41) is 13.1. The van der Waals surface area contributed by atoms with E-state index in [4.69, 9.17) is 11.6 Å². The molecule has 164 valence electrons. The van der Waals surface area contributed by atoms with E-state index in [1.54, 1.807) is 12.1 Å². The first-order valence-electron chi connectivity index (χ1n) is 10.2. The van der Waals surface area contributed by atoms with E-state index < -0.39 is 0 Å². The SMILES string of the molecule is O=C(CSc1nnc2n(-c3ccccc3)c(=O)c3ccccc3n12)NCc1ccccc1Cl. The molecule has 0 bridgehead atoms. The van der Waals surface area contributed by atoms with E-state index in [1.807, 2.05) is 71.1 Å². The third kappa shape index (κ3) is 4.10. The molecule has 0 saturated heterocycles. The Labute approximate surface area is 198 Å². The Kier molecular flexibility index (Phi) is 5.85. The molecule has 0 aliphatic carbocycles. The zero-order chi connectivity index (χ0) is 22.8. The molecular weight excluding hydrogens is 458 g/mol. The summed E-state index contributed by atoms with van der Waals surface area (Å²) in [7, 11) is 0. The number of halogens is 1. The first-order valence-corrected chi connectivity index (χ1v) is 11.6. The summed E-state index contributed by atoms with van der Waals surface area (Å²) in [5.74, 6) is 0.380. The fraction of sp³-hybridized carbons (Fsp3) is 0.0833. The topological polar surface area (TPSA) is 81.3 Å². The lowest BCUT2D eigenvalue weighted by Gasteiger charge is -2.11. The Balaban J connectivity index is 1.47. The van der Waals surface area contributed by atoms with Gasteiger partial charge in [-0.05, 0) is 35.9 Å². The van der Waals surface area contributed by atoms with Gasteiger partial charge in [-0.1, -0.05) is 71.9 Å². The standard InChI is InChI=1S/C24H18ClN5O2S/c25-19-12-6-4-8-16(19)14-26-21(31)15-33-24-28-27-23-29(17-9-2-1-3-10-17)22(32)18-11-5-7-13-20(18)30(23)24/h1-13H,14-15H2,(H,26,31). The second kappa shape index (κ2) is 9.09. The van der Waals surface area contributed by atoms with Gasteiger partial charge in [0.1, 0.15) is 0 Å². The Morgan fingerprint density at radius 1 is 0.939 bits per heavy atom. The van der Waals surface area contributed by atoms with Gasteiger partial charge in [0.05, 0.1) is 22.3 Å². The molecule has 5 rings (SSSR count). The van der Waals surface area contributed by atoms with Crippen molar-refractivity contribution in [2.75, 3.05) is 5.75 Å². The number of carbonyl (C=O) groups excluding carboxylic acids is 1. The zero-order valence-electron chi connectivity index (χ0n) is 17.3. The summed E-state index contributed by atoms with van der Waals surface area (Å²) in [6.07, 6.45) is 0. The highest BCUT2D eigenvalue weighted by molar-refractivity contribution is 7.99. The first-order chi connectivity index (χ1) is 16.1. The van der Waals surface area contributed by atoms with Crippen LogP contribution in [0.25, 0.3) is 22.4 Å². The minimum atomic E-state index is -0.175. The third-order valence-corrected chi connectivity index (χ3v) is 6.47. The van der Waals surface area contributed by atoms with Crippen LogP contribution >= 0.6 is 23.4 Å². The molecule has 5 aromatic rings. The zero-order valence-corrected chi connectivity index (χ0v) is 18.9. The molecule has 0 aliphatic rings. The van der Waals surface area contributed by atoms with Gasteiger partial charge in [-0.25, -0.2) is 4.57 Å². The lowest BCUT2D eigenvalue weighted by Crippen LogP contribution is -2.25. The number of carbonyl (C=O) groups is 1. The monoisotopic (exact) mass is 475 g/mol. The predicted octanol–water partition coefficient (Wildman–Crippen LogP) is 4.10. The number of amides is 1. The Hall–Kier alpha value is -3.62. The van der Waals surface area contributed by atoms with Crippen molar-refractivity contribution in [2.24, 2.45) is 0 Å². The quantitative estimate of drug-likeness (QED) is 0.374. The normalized spacial score (nSPS) is 11.2. The highest BCUT2D eigenvalue weighted by Gasteiger charge is 2.18. The number of para-hydroxylation sites is 2. The van der Waals surface area contributed by atoms with Gasteiger partial charge in [0.25, 0.3) is 5.56 Å². The molecule has 0 aliphatic heterocycles. The molecule has 33 heavy (non-hydrogen) atoms. The van der Waals surface area contributed by atoms with E-state index in [9.17, 15) is 9.59 Å². The third-order valence-electron chi connectivity index (χ3n) is 5.18. The summed E-state index contributed by atoms with van der Waals surface area (Å²) < 4.78 is 3.35. The van der Waals surface area contributed by atoms with Gasteiger partial charge in [0, 0.05) is 11.6 Å². The van der Waals surface area contributed by atoms with Crippen LogP contribution in [0, 0.1) is 0 Å². The minimum absolute atomic E-state index is 0.143. The number of nitrogens with zero attached hydrogens (tertiary/aromatic N) is 4. The maximum atomic E-state index is 13.3. The molecule has 0 fully saturated rings. The average Bonchev–Trinajstić information content (AvgIpc) is 3.27. The molecule has 7 nitrogen and oxygen atoms in total. The van der Waals surface area contributed by atoms with E-state index in [-0.39, 0.29) is 17.2 Å². The average molecular weight is 476 g/mol. The predicted molar refractivity (Wildman–Crippen MR) is 130 cm³/mol. The van der Waals surface area contributed by atoms with Gasteiger partial charge >= 0.3 is 0 Å². The molecule has 0 saturated carbocycles. The van der Waals surface area contributed by atoms with Crippen LogP contribution in [0.3, 0.4) is 0 Å². The lowest BCUT2D eigenvalue weighted by molar-refractivity contribution is -0.118.